The van der Waals surface area contributed by atoms with E-state index in [1.807, 2.05) is 22.9 Å². The first-order chi connectivity index (χ1) is 7.25. The lowest BCUT2D eigenvalue weighted by atomic mass is 10.2. The molecule has 0 atom stereocenters. The molecule has 0 aliphatic rings. The molecule has 84 valence electrons. The van der Waals surface area contributed by atoms with Crippen LogP contribution >= 0.6 is 0 Å². The minimum Gasteiger partial charge on any atom is -0.396 e. The van der Waals surface area contributed by atoms with E-state index in [0.717, 1.165) is 37.9 Å². The van der Waals surface area contributed by atoms with Crippen molar-refractivity contribution < 1.29 is 9.90 Å². The number of aryl methyl sites for hydroxylation is 1. The summed E-state index contributed by atoms with van der Waals surface area (Å²) in [6, 6.07) is 3.76. The van der Waals surface area contributed by atoms with Gasteiger partial charge in [0.25, 0.3) is 0 Å². The van der Waals surface area contributed by atoms with Crippen LogP contribution in [0.5, 0.6) is 0 Å². The standard InChI is InChI=1S/C12H19NO2/c1-11(15)12-7-6-9-13(12)8-4-2-3-5-10-14/h6-7,9,14H,2-5,8,10H2,1H3. The molecule has 0 aliphatic carbocycles. The Kier molecular flexibility index (Phi) is 5.12. The van der Waals surface area contributed by atoms with Gasteiger partial charge in [-0.25, -0.2) is 0 Å². The molecule has 1 heterocycles. The molecule has 0 fully saturated rings. The molecule has 0 saturated heterocycles. The van der Waals surface area contributed by atoms with Gasteiger partial charge in [-0.15, -0.1) is 0 Å². The highest BCUT2D eigenvalue weighted by molar-refractivity contribution is 5.92. The summed E-state index contributed by atoms with van der Waals surface area (Å²) in [6.07, 6.45) is 6.06. The molecule has 1 aromatic heterocycles. The Morgan fingerprint density at radius 1 is 1.33 bits per heavy atom. The van der Waals surface area contributed by atoms with Crippen molar-refractivity contribution in [3.63, 3.8) is 0 Å². The first kappa shape index (κ1) is 12.0. The van der Waals surface area contributed by atoms with Gasteiger partial charge in [0.1, 0.15) is 0 Å². The number of carbonyl (C=O) groups excluding carboxylic acids is 1. The number of aliphatic hydroxyl groups is 1. The van der Waals surface area contributed by atoms with E-state index >= 15 is 0 Å². The molecule has 0 spiro atoms. The van der Waals surface area contributed by atoms with Crippen molar-refractivity contribution in [3.8, 4) is 0 Å². The number of aliphatic hydroxyl groups excluding tert-OH is 1. The number of nitrogens with zero attached hydrogens (tertiary/aromatic N) is 1. The average Bonchev–Trinajstić information content (AvgIpc) is 2.66. The van der Waals surface area contributed by atoms with Crippen molar-refractivity contribution in [1.29, 1.82) is 0 Å². The van der Waals surface area contributed by atoms with Crippen LogP contribution in [-0.4, -0.2) is 22.1 Å². The average molecular weight is 209 g/mol. The van der Waals surface area contributed by atoms with Gasteiger partial charge in [-0.05, 0) is 25.0 Å². The predicted molar refractivity (Wildman–Crippen MR) is 60.0 cm³/mol. The normalized spacial score (nSPS) is 10.5. The van der Waals surface area contributed by atoms with Crippen LogP contribution in [0.25, 0.3) is 0 Å². The van der Waals surface area contributed by atoms with E-state index in [2.05, 4.69) is 0 Å². The lowest BCUT2D eigenvalue weighted by Gasteiger charge is -2.06. The number of ketones is 1. The first-order valence-corrected chi connectivity index (χ1v) is 5.52. The smallest absolute Gasteiger partial charge is 0.176 e. The van der Waals surface area contributed by atoms with E-state index in [1.54, 1.807) is 6.92 Å². The fourth-order valence-electron chi connectivity index (χ4n) is 1.68. The number of unbranched alkanes of at least 4 members (excludes halogenated alkanes) is 3. The SMILES string of the molecule is CC(=O)c1cccn1CCCCCCO. The Morgan fingerprint density at radius 2 is 2.07 bits per heavy atom. The Balaban J connectivity index is 2.31. The van der Waals surface area contributed by atoms with Gasteiger partial charge in [0.2, 0.25) is 0 Å². The van der Waals surface area contributed by atoms with Gasteiger partial charge in [0.15, 0.2) is 5.78 Å². The molecule has 0 unspecified atom stereocenters. The van der Waals surface area contributed by atoms with E-state index in [1.165, 1.54) is 0 Å². The third kappa shape index (κ3) is 3.88. The second-order valence-corrected chi connectivity index (χ2v) is 3.78. The maximum Gasteiger partial charge on any atom is 0.176 e. The topological polar surface area (TPSA) is 42.2 Å². The molecule has 1 aromatic rings. The van der Waals surface area contributed by atoms with Crippen molar-refractivity contribution in [2.45, 2.75) is 39.2 Å². The maximum atomic E-state index is 11.2. The third-order valence-electron chi connectivity index (χ3n) is 2.50. The summed E-state index contributed by atoms with van der Waals surface area (Å²) in [7, 11) is 0. The van der Waals surface area contributed by atoms with E-state index < -0.39 is 0 Å². The Bertz CT molecular complexity index is 304. The molecular weight excluding hydrogens is 190 g/mol. The number of hydrogen-bond acceptors (Lipinski definition) is 2. The van der Waals surface area contributed by atoms with E-state index in [0.29, 0.717) is 0 Å². The van der Waals surface area contributed by atoms with E-state index in [9.17, 15) is 4.79 Å². The van der Waals surface area contributed by atoms with Crippen molar-refractivity contribution in [1.82, 2.24) is 4.57 Å². The molecule has 15 heavy (non-hydrogen) atoms. The van der Waals surface area contributed by atoms with Crippen molar-refractivity contribution >= 4 is 5.78 Å². The number of aromatic nitrogens is 1. The zero-order valence-electron chi connectivity index (χ0n) is 9.28. The molecule has 1 N–H and O–H groups in total. The highest BCUT2D eigenvalue weighted by atomic mass is 16.2. The Morgan fingerprint density at radius 3 is 2.73 bits per heavy atom. The van der Waals surface area contributed by atoms with Gasteiger partial charge in [0, 0.05) is 26.3 Å². The van der Waals surface area contributed by atoms with Gasteiger partial charge in [-0.1, -0.05) is 12.8 Å². The van der Waals surface area contributed by atoms with Crippen molar-refractivity contribution in [3.05, 3.63) is 24.0 Å². The molecule has 0 aliphatic heterocycles. The lowest BCUT2D eigenvalue weighted by molar-refractivity contribution is 0.100. The minimum atomic E-state index is 0.121. The fourth-order valence-corrected chi connectivity index (χ4v) is 1.68. The fraction of sp³-hybridized carbons (Fsp3) is 0.583. The molecule has 0 amide bonds. The van der Waals surface area contributed by atoms with Crippen LogP contribution in [0.1, 0.15) is 43.1 Å². The van der Waals surface area contributed by atoms with Crippen LogP contribution in [0.4, 0.5) is 0 Å². The number of rotatable bonds is 7. The Hall–Kier alpha value is -1.09. The number of Topliss-reactive ketones (excluding diaryl/α,β-unsaturated/α-hetero) is 1. The van der Waals surface area contributed by atoms with E-state index in [4.69, 9.17) is 5.11 Å². The Labute approximate surface area is 90.7 Å². The summed E-state index contributed by atoms with van der Waals surface area (Å²) in [6.45, 7) is 2.77. The highest BCUT2D eigenvalue weighted by Gasteiger charge is 2.04. The second-order valence-electron chi connectivity index (χ2n) is 3.78. The molecular formula is C12H19NO2. The number of carbonyl (C=O) groups is 1. The summed E-state index contributed by atoms with van der Waals surface area (Å²) in [5.41, 5.74) is 0.789. The third-order valence-corrected chi connectivity index (χ3v) is 2.50. The van der Waals surface area contributed by atoms with Crippen molar-refractivity contribution in [2.24, 2.45) is 0 Å². The second kappa shape index (κ2) is 6.40. The first-order valence-electron chi connectivity index (χ1n) is 5.52. The summed E-state index contributed by atoms with van der Waals surface area (Å²) in [5.74, 6) is 0.121. The zero-order chi connectivity index (χ0) is 11.1. The molecule has 0 saturated carbocycles. The monoisotopic (exact) mass is 209 g/mol. The molecule has 1 rings (SSSR count). The molecule has 0 radical (unpaired) electrons. The van der Waals surface area contributed by atoms with Gasteiger partial charge >= 0.3 is 0 Å². The summed E-state index contributed by atoms with van der Waals surface area (Å²) < 4.78 is 2.00. The van der Waals surface area contributed by atoms with Crippen LogP contribution in [0.2, 0.25) is 0 Å². The van der Waals surface area contributed by atoms with Crippen LogP contribution < -0.4 is 0 Å². The number of hydrogen-bond donors (Lipinski definition) is 1. The van der Waals surface area contributed by atoms with Crippen LogP contribution in [0.15, 0.2) is 18.3 Å². The van der Waals surface area contributed by atoms with Crippen molar-refractivity contribution in [2.75, 3.05) is 6.61 Å². The summed E-state index contributed by atoms with van der Waals surface area (Å²) >= 11 is 0. The van der Waals surface area contributed by atoms with Gasteiger partial charge in [-0.3, -0.25) is 4.79 Å². The molecule has 0 aromatic carbocycles. The largest absolute Gasteiger partial charge is 0.396 e. The quantitative estimate of drug-likeness (QED) is 0.553. The molecule has 3 heteroatoms. The minimum absolute atomic E-state index is 0.121. The van der Waals surface area contributed by atoms with Crippen LogP contribution in [-0.2, 0) is 6.54 Å². The van der Waals surface area contributed by atoms with E-state index in [-0.39, 0.29) is 12.4 Å². The van der Waals surface area contributed by atoms with Gasteiger partial charge in [0.05, 0.1) is 5.69 Å². The summed E-state index contributed by atoms with van der Waals surface area (Å²) in [4.78, 5) is 11.2. The lowest BCUT2D eigenvalue weighted by Crippen LogP contribution is -2.05. The van der Waals surface area contributed by atoms with Gasteiger partial charge in [-0.2, -0.15) is 0 Å². The summed E-state index contributed by atoms with van der Waals surface area (Å²) in [5, 5.41) is 8.62. The van der Waals surface area contributed by atoms with Crippen LogP contribution in [0.3, 0.4) is 0 Å². The maximum absolute atomic E-state index is 11.2. The molecule has 0 bridgehead atoms. The van der Waals surface area contributed by atoms with Gasteiger partial charge < -0.3 is 9.67 Å². The highest BCUT2D eigenvalue weighted by Crippen LogP contribution is 2.07. The molecule has 3 nitrogen and oxygen atoms in total. The predicted octanol–water partition coefficient (Wildman–Crippen LogP) is 2.24. The zero-order valence-corrected chi connectivity index (χ0v) is 9.28. The van der Waals surface area contributed by atoms with Crippen LogP contribution in [0, 0.1) is 0 Å².